The molecule has 0 aliphatic rings. The predicted octanol–water partition coefficient (Wildman–Crippen LogP) is 2.01. The van der Waals surface area contributed by atoms with Crippen molar-refractivity contribution in [2.75, 3.05) is 19.8 Å². The summed E-state index contributed by atoms with van der Waals surface area (Å²) in [5, 5.41) is 8.84. The highest BCUT2D eigenvalue weighted by Gasteiger charge is 2.15. The van der Waals surface area contributed by atoms with Gasteiger partial charge in [0.15, 0.2) is 0 Å². The maximum Gasteiger partial charge on any atom is 0.311 e. The third kappa shape index (κ3) is 6.36. The maximum absolute atomic E-state index is 11.6. The maximum atomic E-state index is 11.6. The lowest BCUT2D eigenvalue weighted by molar-refractivity contribution is -0.151. The molecule has 0 unspecified atom stereocenters. The average Bonchev–Trinajstić information content (AvgIpc) is 2.45. The summed E-state index contributed by atoms with van der Waals surface area (Å²) in [7, 11) is 0. The second kappa shape index (κ2) is 8.67. The van der Waals surface area contributed by atoms with Crippen molar-refractivity contribution in [3.63, 3.8) is 0 Å². The second-order valence-electron chi connectivity index (χ2n) is 4.82. The SMILES string of the molecule is C[C@@H](CO)COC(=O)[C@@H](C)COCc1ccccc1. The number of esters is 1. The molecule has 0 fully saturated rings. The van der Waals surface area contributed by atoms with E-state index in [4.69, 9.17) is 14.6 Å². The van der Waals surface area contributed by atoms with Gasteiger partial charge in [0, 0.05) is 12.5 Å². The summed E-state index contributed by atoms with van der Waals surface area (Å²) in [6, 6.07) is 9.81. The molecular formula is C15H22O4. The van der Waals surface area contributed by atoms with Crippen LogP contribution in [0, 0.1) is 11.8 Å². The fraction of sp³-hybridized carbons (Fsp3) is 0.533. The molecule has 1 N–H and O–H groups in total. The second-order valence-corrected chi connectivity index (χ2v) is 4.82. The monoisotopic (exact) mass is 266 g/mol. The van der Waals surface area contributed by atoms with Gasteiger partial charge in [0.05, 0.1) is 25.7 Å². The number of aliphatic hydroxyl groups is 1. The summed E-state index contributed by atoms with van der Waals surface area (Å²) in [6.45, 7) is 4.69. The van der Waals surface area contributed by atoms with Gasteiger partial charge in [0.1, 0.15) is 0 Å². The summed E-state index contributed by atoms with van der Waals surface area (Å²) in [4.78, 5) is 11.6. The molecule has 0 amide bonds. The van der Waals surface area contributed by atoms with Gasteiger partial charge in [0.25, 0.3) is 0 Å². The molecule has 0 aliphatic heterocycles. The van der Waals surface area contributed by atoms with Crippen LogP contribution in [0.5, 0.6) is 0 Å². The van der Waals surface area contributed by atoms with Gasteiger partial charge in [-0.15, -0.1) is 0 Å². The standard InChI is InChI=1S/C15H22O4/c1-12(8-16)9-19-15(17)13(2)10-18-11-14-6-4-3-5-7-14/h3-7,12-13,16H,8-11H2,1-2H3/t12-,13-/m0/s1. The highest BCUT2D eigenvalue weighted by atomic mass is 16.5. The Morgan fingerprint density at radius 2 is 1.89 bits per heavy atom. The van der Waals surface area contributed by atoms with Crippen LogP contribution in [0.2, 0.25) is 0 Å². The van der Waals surface area contributed by atoms with E-state index in [0.717, 1.165) is 5.56 Å². The Morgan fingerprint density at radius 3 is 2.53 bits per heavy atom. The highest BCUT2D eigenvalue weighted by molar-refractivity contribution is 5.72. The van der Waals surface area contributed by atoms with Crippen molar-refractivity contribution in [3.8, 4) is 0 Å². The van der Waals surface area contributed by atoms with Crippen LogP contribution in [0.3, 0.4) is 0 Å². The molecule has 0 aliphatic carbocycles. The smallest absolute Gasteiger partial charge is 0.311 e. The van der Waals surface area contributed by atoms with Gasteiger partial charge in [-0.3, -0.25) is 4.79 Å². The van der Waals surface area contributed by atoms with Crippen molar-refractivity contribution in [1.29, 1.82) is 0 Å². The molecule has 0 spiro atoms. The van der Waals surface area contributed by atoms with Crippen LogP contribution in [-0.2, 0) is 20.9 Å². The minimum Gasteiger partial charge on any atom is -0.465 e. The molecule has 1 rings (SSSR count). The van der Waals surface area contributed by atoms with E-state index in [0.29, 0.717) is 13.2 Å². The molecule has 0 saturated heterocycles. The Bertz CT molecular complexity index is 364. The van der Waals surface area contributed by atoms with E-state index in [-0.39, 0.29) is 31.0 Å². The van der Waals surface area contributed by atoms with Crippen LogP contribution >= 0.6 is 0 Å². The number of rotatable bonds is 8. The molecule has 19 heavy (non-hydrogen) atoms. The fourth-order valence-corrected chi connectivity index (χ4v) is 1.42. The topological polar surface area (TPSA) is 55.8 Å². The molecule has 2 atom stereocenters. The molecule has 1 aromatic rings. The first-order chi connectivity index (χ1) is 9.13. The molecule has 106 valence electrons. The fourth-order valence-electron chi connectivity index (χ4n) is 1.42. The molecule has 0 saturated carbocycles. The third-order valence-corrected chi connectivity index (χ3v) is 2.70. The normalized spacial score (nSPS) is 13.8. The zero-order valence-electron chi connectivity index (χ0n) is 11.5. The van der Waals surface area contributed by atoms with Crippen molar-refractivity contribution in [2.45, 2.75) is 20.5 Å². The van der Waals surface area contributed by atoms with E-state index in [1.165, 1.54) is 0 Å². The van der Waals surface area contributed by atoms with Gasteiger partial charge < -0.3 is 14.6 Å². The van der Waals surface area contributed by atoms with Crippen molar-refractivity contribution in [1.82, 2.24) is 0 Å². The highest BCUT2D eigenvalue weighted by Crippen LogP contribution is 2.06. The van der Waals surface area contributed by atoms with Gasteiger partial charge in [0.2, 0.25) is 0 Å². The van der Waals surface area contributed by atoms with Crippen molar-refractivity contribution in [2.24, 2.45) is 11.8 Å². The Morgan fingerprint density at radius 1 is 1.21 bits per heavy atom. The van der Waals surface area contributed by atoms with E-state index in [1.54, 1.807) is 6.92 Å². The van der Waals surface area contributed by atoms with Crippen molar-refractivity contribution >= 4 is 5.97 Å². The first-order valence-corrected chi connectivity index (χ1v) is 6.52. The lowest BCUT2D eigenvalue weighted by Crippen LogP contribution is -2.23. The Labute approximate surface area is 114 Å². The van der Waals surface area contributed by atoms with Crippen molar-refractivity contribution in [3.05, 3.63) is 35.9 Å². The number of carbonyl (C=O) groups is 1. The zero-order chi connectivity index (χ0) is 14.1. The molecule has 0 aromatic heterocycles. The van der Waals surface area contributed by atoms with Crippen LogP contribution in [0.4, 0.5) is 0 Å². The van der Waals surface area contributed by atoms with Gasteiger partial charge in [-0.2, -0.15) is 0 Å². The minimum atomic E-state index is -0.297. The quantitative estimate of drug-likeness (QED) is 0.731. The van der Waals surface area contributed by atoms with Crippen LogP contribution in [0.25, 0.3) is 0 Å². The van der Waals surface area contributed by atoms with Gasteiger partial charge in [-0.1, -0.05) is 37.3 Å². The van der Waals surface area contributed by atoms with E-state index in [9.17, 15) is 4.79 Å². The summed E-state index contributed by atoms with van der Waals surface area (Å²) >= 11 is 0. The Hall–Kier alpha value is -1.39. The van der Waals surface area contributed by atoms with Crippen LogP contribution < -0.4 is 0 Å². The predicted molar refractivity (Wildman–Crippen MR) is 72.5 cm³/mol. The van der Waals surface area contributed by atoms with Crippen molar-refractivity contribution < 1.29 is 19.4 Å². The van der Waals surface area contributed by atoms with Gasteiger partial charge >= 0.3 is 5.97 Å². The number of carbonyl (C=O) groups excluding carboxylic acids is 1. The third-order valence-electron chi connectivity index (χ3n) is 2.70. The average molecular weight is 266 g/mol. The number of benzene rings is 1. The van der Waals surface area contributed by atoms with Gasteiger partial charge in [-0.05, 0) is 12.5 Å². The summed E-state index contributed by atoms with van der Waals surface area (Å²) in [5.74, 6) is -0.607. The molecule has 0 bridgehead atoms. The molecule has 0 radical (unpaired) electrons. The Balaban J connectivity index is 2.19. The van der Waals surface area contributed by atoms with Crippen LogP contribution in [-0.4, -0.2) is 30.9 Å². The summed E-state index contributed by atoms with van der Waals surface area (Å²) < 4.78 is 10.6. The zero-order valence-corrected chi connectivity index (χ0v) is 11.5. The minimum absolute atomic E-state index is 0.0200. The number of hydrogen-bond acceptors (Lipinski definition) is 4. The lowest BCUT2D eigenvalue weighted by atomic mass is 10.2. The Kier molecular flexibility index (Phi) is 7.15. The summed E-state index contributed by atoms with van der Waals surface area (Å²) in [6.07, 6.45) is 0. The van der Waals surface area contributed by atoms with E-state index < -0.39 is 0 Å². The number of hydrogen-bond donors (Lipinski definition) is 1. The van der Waals surface area contributed by atoms with E-state index in [1.807, 2.05) is 37.3 Å². The first-order valence-electron chi connectivity index (χ1n) is 6.52. The summed E-state index contributed by atoms with van der Waals surface area (Å²) in [5.41, 5.74) is 1.08. The largest absolute Gasteiger partial charge is 0.465 e. The molecule has 4 nitrogen and oxygen atoms in total. The lowest BCUT2D eigenvalue weighted by Gasteiger charge is -2.14. The number of aliphatic hydroxyl groups excluding tert-OH is 1. The van der Waals surface area contributed by atoms with Gasteiger partial charge in [-0.25, -0.2) is 0 Å². The number of ether oxygens (including phenoxy) is 2. The molecule has 4 heteroatoms. The van der Waals surface area contributed by atoms with E-state index in [2.05, 4.69) is 0 Å². The van der Waals surface area contributed by atoms with Crippen LogP contribution in [0.15, 0.2) is 30.3 Å². The van der Waals surface area contributed by atoms with E-state index >= 15 is 0 Å². The van der Waals surface area contributed by atoms with Crippen LogP contribution in [0.1, 0.15) is 19.4 Å². The molecule has 1 aromatic carbocycles. The first kappa shape index (κ1) is 15.7. The molecule has 0 heterocycles. The molecular weight excluding hydrogens is 244 g/mol.